The molecule has 0 spiro atoms. The molecule has 2 aromatic rings. The van der Waals surface area contributed by atoms with Gasteiger partial charge in [-0.1, -0.05) is 0 Å². The van der Waals surface area contributed by atoms with Crippen LogP contribution in [0.3, 0.4) is 0 Å². The summed E-state index contributed by atoms with van der Waals surface area (Å²) >= 11 is 0. The number of carbonyl (C=O) groups excluding carboxylic acids is 1. The number of anilines is 1. The maximum absolute atomic E-state index is 11.6. The number of benzene rings is 1. The molecule has 5 nitrogen and oxygen atoms in total. The van der Waals surface area contributed by atoms with Crippen molar-refractivity contribution in [1.82, 2.24) is 0 Å². The van der Waals surface area contributed by atoms with Crippen molar-refractivity contribution in [3.05, 3.63) is 34.7 Å². The Morgan fingerprint density at radius 1 is 1.26 bits per heavy atom. The summed E-state index contributed by atoms with van der Waals surface area (Å²) in [5.41, 5.74) is 0.814. The van der Waals surface area contributed by atoms with Crippen molar-refractivity contribution in [2.24, 2.45) is 0 Å². The first-order chi connectivity index (χ1) is 9.19. The Morgan fingerprint density at radius 2 is 2.00 bits per heavy atom. The fourth-order valence-electron chi connectivity index (χ4n) is 2.00. The molecule has 5 heteroatoms. The molecule has 0 atom stereocenters. The van der Waals surface area contributed by atoms with Crippen molar-refractivity contribution >= 4 is 23.1 Å². The van der Waals surface area contributed by atoms with Gasteiger partial charge in [0.2, 0.25) is 5.75 Å². The van der Waals surface area contributed by atoms with E-state index in [4.69, 9.17) is 4.42 Å². The number of fused-ring (bicyclic) bond motifs is 1. The van der Waals surface area contributed by atoms with E-state index < -0.39 is 5.63 Å². The molecule has 0 amide bonds. The van der Waals surface area contributed by atoms with Gasteiger partial charge in [0, 0.05) is 30.2 Å². The Balaban J connectivity index is 2.52. The molecule has 100 valence electrons. The molecule has 0 saturated heterocycles. The lowest BCUT2D eigenvalue weighted by Crippen LogP contribution is -2.21. The minimum Gasteiger partial charge on any atom is -0.421 e. The van der Waals surface area contributed by atoms with Crippen LogP contribution in [0.4, 0.5) is 5.69 Å². The summed E-state index contributed by atoms with van der Waals surface area (Å²) < 4.78 is 9.73. The van der Waals surface area contributed by atoms with Gasteiger partial charge in [-0.3, -0.25) is 4.79 Å². The van der Waals surface area contributed by atoms with E-state index in [-0.39, 0.29) is 12.2 Å². The lowest BCUT2D eigenvalue weighted by Gasteiger charge is -2.20. The lowest BCUT2D eigenvalue weighted by atomic mass is 10.2. The quantitative estimate of drug-likeness (QED) is 0.610. The Hall–Kier alpha value is -2.30. The van der Waals surface area contributed by atoms with Crippen molar-refractivity contribution in [1.29, 1.82) is 0 Å². The second-order valence-corrected chi connectivity index (χ2v) is 4.01. The van der Waals surface area contributed by atoms with Gasteiger partial charge in [-0.15, -0.1) is 0 Å². The van der Waals surface area contributed by atoms with Crippen molar-refractivity contribution in [2.45, 2.75) is 13.8 Å². The Kier molecular flexibility index (Phi) is 3.85. The van der Waals surface area contributed by atoms with Crippen LogP contribution < -0.4 is 15.3 Å². The fraction of sp³-hybridized carbons (Fsp3) is 0.286. The molecule has 0 N–H and O–H groups in total. The first-order valence-electron chi connectivity index (χ1n) is 6.12. The maximum atomic E-state index is 11.6. The zero-order valence-electron chi connectivity index (χ0n) is 10.9. The summed E-state index contributed by atoms with van der Waals surface area (Å²) in [5, 5.41) is 0.715. The number of ether oxygens (including phenoxy) is 1. The molecule has 1 aromatic carbocycles. The first kappa shape index (κ1) is 13.1. The molecule has 0 bridgehead atoms. The minimum atomic E-state index is -0.656. The molecular formula is C14H15NO4. The molecule has 0 aliphatic carbocycles. The van der Waals surface area contributed by atoms with Crippen LogP contribution in [-0.2, 0) is 4.79 Å². The molecule has 0 aliphatic heterocycles. The molecule has 2 rings (SSSR count). The topological polar surface area (TPSA) is 59.8 Å². The van der Waals surface area contributed by atoms with Crippen LogP contribution >= 0.6 is 0 Å². The summed E-state index contributed by atoms with van der Waals surface area (Å²) in [6.07, 6.45) is 0. The van der Waals surface area contributed by atoms with Crippen molar-refractivity contribution in [3.8, 4) is 5.75 Å². The van der Waals surface area contributed by atoms with Gasteiger partial charge in [0.05, 0.1) is 0 Å². The van der Waals surface area contributed by atoms with E-state index in [1.165, 1.54) is 6.07 Å². The van der Waals surface area contributed by atoms with E-state index in [9.17, 15) is 9.59 Å². The van der Waals surface area contributed by atoms with Gasteiger partial charge in [0.15, 0.2) is 0 Å². The molecule has 0 fully saturated rings. The summed E-state index contributed by atoms with van der Waals surface area (Å²) in [4.78, 5) is 24.0. The SMILES string of the molecule is CCN(CC)c1ccc2cc(OC=O)c(=O)oc2c1. The second kappa shape index (κ2) is 5.56. The number of hydrogen-bond donors (Lipinski definition) is 0. The summed E-state index contributed by atoms with van der Waals surface area (Å²) in [5.74, 6) is -0.0990. The highest BCUT2D eigenvalue weighted by atomic mass is 16.5. The van der Waals surface area contributed by atoms with Crippen molar-refractivity contribution < 1.29 is 13.9 Å². The maximum Gasteiger partial charge on any atom is 0.379 e. The normalized spacial score (nSPS) is 10.4. The predicted octanol–water partition coefficient (Wildman–Crippen LogP) is 2.17. The number of rotatable bonds is 5. The Bertz CT molecular complexity index is 643. The molecule has 0 unspecified atom stereocenters. The molecule has 0 saturated carbocycles. The highest BCUT2D eigenvalue weighted by Gasteiger charge is 2.08. The van der Waals surface area contributed by atoms with E-state index >= 15 is 0 Å². The number of hydrogen-bond acceptors (Lipinski definition) is 5. The molecule has 19 heavy (non-hydrogen) atoms. The van der Waals surface area contributed by atoms with Gasteiger partial charge in [0.1, 0.15) is 5.58 Å². The average molecular weight is 261 g/mol. The third kappa shape index (κ3) is 2.59. The van der Waals surface area contributed by atoms with Crippen LogP contribution in [0.25, 0.3) is 11.0 Å². The van der Waals surface area contributed by atoms with Crippen LogP contribution in [0.15, 0.2) is 33.5 Å². The number of nitrogens with zero attached hydrogens (tertiary/aromatic N) is 1. The summed E-state index contributed by atoms with van der Waals surface area (Å²) in [7, 11) is 0. The third-order valence-corrected chi connectivity index (χ3v) is 2.99. The van der Waals surface area contributed by atoms with E-state index in [0.29, 0.717) is 11.0 Å². The molecule has 1 heterocycles. The van der Waals surface area contributed by atoms with Crippen molar-refractivity contribution in [2.75, 3.05) is 18.0 Å². The van der Waals surface area contributed by atoms with Crippen LogP contribution in [0.2, 0.25) is 0 Å². The average Bonchev–Trinajstić information content (AvgIpc) is 2.41. The van der Waals surface area contributed by atoms with Gasteiger partial charge in [-0.05, 0) is 32.0 Å². The Labute approximate surface area is 110 Å². The fourth-order valence-corrected chi connectivity index (χ4v) is 2.00. The second-order valence-electron chi connectivity index (χ2n) is 4.01. The van der Waals surface area contributed by atoms with Crippen LogP contribution in [0.1, 0.15) is 13.8 Å². The van der Waals surface area contributed by atoms with E-state index in [2.05, 4.69) is 23.5 Å². The zero-order chi connectivity index (χ0) is 13.8. The molecule has 0 aliphatic rings. The van der Waals surface area contributed by atoms with Gasteiger partial charge >= 0.3 is 5.63 Å². The zero-order valence-corrected chi connectivity index (χ0v) is 10.9. The standard InChI is InChI=1S/C14H15NO4/c1-3-15(4-2)11-6-5-10-7-13(18-9-16)14(17)19-12(10)8-11/h5-9H,3-4H2,1-2H3. The lowest BCUT2D eigenvalue weighted by molar-refractivity contribution is -0.120. The van der Waals surface area contributed by atoms with Crippen molar-refractivity contribution in [3.63, 3.8) is 0 Å². The molecule has 0 radical (unpaired) electrons. The first-order valence-corrected chi connectivity index (χ1v) is 6.12. The number of carbonyl (C=O) groups is 1. The van der Waals surface area contributed by atoms with Gasteiger partial charge < -0.3 is 14.1 Å². The highest BCUT2D eigenvalue weighted by molar-refractivity contribution is 5.81. The van der Waals surface area contributed by atoms with E-state index in [0.717, 1.165) is 18.8 Å². The van der Waals surface area contributed by atoms with Gasteiger partial charge in [-0.25, -0.2) is 4.79 Å². The Morgan fingerprint density at radius 3 is 2.63 bits per heavy atom. The summed E-state index contributed by atoms with van der Waals surface area (Å²) in [6, 6.07) is 7.10. The van der Waals surface area contributed by atoms with Gasteiger partial charge in [0.25, 0.3) is 6.47 Å². The van der Waals surface area contributed by atoms with Crippen LogP contribution in [0.5, 0.6) is 5.75 Å². The predicted molar refractivity (Wildman–Crippen MR) is 72.7 cm³/mol. The van der Waals surface area contributed by atoms with Crippen LogP contribution in [0, 0.1) is 0 Å². The monoisotopic (exact) mass is 261 g/mol. The highest BCUT2D eigenvalue weighted by Crippen LogP contribution is 2.23. The van der Waals surface area contributed by atoms with Gasteiger partial charge in [-0.2, -0.15) is 0 Å². The largest absolute Gasteiger partial charge is 0.421 e. The minimum absolute atomic E-state index is 0.0990. The van der Waals surface area contributed by atoms with Crippen LogP contribution in [-0.4, -0.2) is 19.6 Å². The third-order valence-electron chi connectivity index (χ3n) is 2.99. The van der Waals surface area contributed by atoms with E-state index in [1.54, 1.807) is 0 Å². The molecule has 1 aromatic heterocycles. The molecular weight excluding hydrogens is 246 g/mol. The smallest absolute Gasteiger partial charge is 0.379 e. The van der Waals surface area contributed by atoms with E-state index in [1.807, 2.05) is 18.2 Å². The summed E-state index contributed by atoms with van der Waals surface area (Å²) in [6.45, 7) is 6.08.